The quantitative estimate of drug-likeness (QED) is 0.532. The van der Waals surface area contributed by atoms with Gasteiger partial charge in [0.05, 0.1) is 17.7 Å². The Bertz CT molecular complexity index is 1000. The van der Waals surface area contributed by atoms with E-state index in [0.29, 0.717) is 23.1 Å². The Labute approximate surface area is 186 Å². The van der Waals surface area contributed by atoms with Gasteiger partial charge in [-0.1, -0.05) is 13.8 Å². The fourth-order valence-electron chi connectivity index (χ4n) is 2.66. The number of nitrogens with zero attached hydrogens (tertiary/aromatic N) is 2. The van der Waals surface area contributed by atoms with Crippen molar-refractivity contribution >= 4 is 38.4 Å². The number of rotatable bonds is 10. The molecule has 0 saturated carbocycles. The molecule has 0 aliphatic heterocycles. The van der Waals surface area contributed by atoms with Crippen LogP contribution in [0.2, 0.25) is 0 Å². The van der Waals surface area contributed by atoms with Gasteiger partial charge in [0.25, 0.3) is 0 Å². The highest BCUT2D eigenvalue weighted by Crippen LogP contribution is 2.22. The van der Waals surface area contributed by atoms with Crippen LogP contribution in [-0.2, 0) is 31.0 Å². The van der Waals surface area contributed by atoms with E-state index in [2.05, 4.69) is 9.71 Å². The standard InChI is InChI=1S/C20H27N3O6S2/c1-6-23(14(4)24)20-21-15(12-30-20)11-29-19(25)18(13(2)3)22-31(26,27)17-9-7-16(28-5)8-10-17/h7-10,12-13,18,22H,6,11H2,1-5H3/t18-/m0/s1. The van der Waals surface area contributed by atoms with Gasteiger partial charge in [0.15, 0.2) is 5.13 Å². The number of anilines is 1. The smallest absolute Gasteiger partial charge is 0.324 e. The summed E-state index contributed by atoms with van der Waals surface area (Å²) in [5, 5.41) is 2.21. The lowest BCUT2D eigenvalue weighted by Gasteiger charge is -2.20. The fourth-order valence-corrected chi connectivity index (χ4v) is 4.91. The molecule has 0 saturated heterocycles. The molecule has 0 radical (unpaired) electrons. The molecule has 1 N–H and O–H groups in total. The van der Waals surface area contributed by atoms with Crippen LogP contribution in [0.15, 0.2) is 34.5 Å². The Morgan fingerprint density at radius 3 is 2.39 bits per heavy atom. The first-order valence-corrected chi connectivity index (χ1v) is 12.0. The molecule has 2 rings (SSSR count). The lowest BCUT2D eigenvalue weighted by molar-refractivity contribution is -0.148. The molecule has 1 amide bonds. The number of carbonyl (C=O) groups excluding carboxylic acids is 2. The van der Waals surface area contributed by atoms with Crippen LogP contribution in [0.25, 0.3) is 0 Å². The predicted octanol–water partition coefficient (Wildman–Crippen LogP) is 2.57. The van der Waals surface area contributed by atoms with Crippen molar-refractivity contribution in [3.8, 4) is 5.75 Å². The molecule has 0 unspecified atom stereocenters. The van der Waals surface area contributed by atoms with Crippen molar-refractivity contribution in [1.29, 1.82) is 0 Å². The third kappa shape index (κ3) is 6.49. The lowest BCUT2D eigenvalue weighted by atomic mass is 10.1. The van der Waals surface area contributed by atoms with E-state index >= 15 is 0 Å². The van der Waals surface area contributed by atoms with E-state index in [1.807, 2.05) is 6.92 Å². The Morgan fingerprint density at radius 2 is 1.87 bits per heavy atom. The van der Waals surface area contributed by atoms with Gasteiger partial charge in [0.1, 0.15) is 18.4 Å². The summed E-state index contributed by atoms with van der Waals surface area (Å²) in [5.74, 6) is -0.665. The van der Waals surface area contributed by atoms with E-state index in [9.17, 15) is 18.0 Å². The number of hydrogen-bond donors (Lipinski definition) is 1. The molecule has 1 aromatic heterocycles. The van der Waals surface area contributed by atoms with Crippen LogP contribution in [0, 0.1) is 5.92 Å². The van der Waals surface area contributed by atoms with Gasteiger partial charge >= 0.3 is 5.97 Å². The Morgan fingerprint density at radius 1 is 1.23 bits per heavy atom. The van der Waals surface area contributed by atoms with Gasteiger partial charge in [-0.05, 0) is 37.1 Å². The van der Waals surface area contributed by atoms with Crippen molar-refractivity contribution in [2.45, 2.75) is 45.2 Å². The monoisotopic (exact) mass is 469 g/mol. The Kier molecular flexibility index (Phi) is 8.54. The second-order valence-electron chi connectivity index (χ2n) is 7.01. The van der Waals surface area contributed by atoms with Crippen molar-refractivity contribution < 1.29 is 27.5 Å². The zero-order chi connectivity index (χ0) is 23.2. The Hall–Kier alpha value is -2.50. The van der Waals surface area contributed by atoms with Gasteiger partial charge in [-0.15, -0.1) is 11.3 Å². The number of methoxy groups -OCH3 is 1. The molecular formula is C20H27N3O6S2. The minimum atomic E-state index is -3.94. The molecule has 1 atom stereocenters. The van der Waals surface area contributed by atoms with E-state index < -0.39 is 22.0 Å². The maximum atomic E-state index is 12.7. The molecule has 0 fully saturated rings. The molecule has 1 heterocycles. The average Bonchev–Trinajstić information content (AvgIpc) is 3.19. The summed E-state index contributed by atoms with van der Waals surface area (Å²) in [5.41, 5.74) is 0.480. The largest absolute Gasteiger partial charge is 0.497 e. The maximum absolute atomic E-state index is 12.7. The number of thiazole rings is 1. The molecule has 1 aromatic carbocycles. The van der Waals surface area contributed by atoms with E-state index in [-0.39, 0.29) is 23.3 Å². The number of aromatic nitrogens is 1. The van der Waals surface area contributed by atoms with E-state index in [4.69, 9.17) is 9.47 Å². The first-order valence-electron chi connectivity index (χ1n) is 9.64. The summed E-state index contributed by atoms with van der Waals surface area (Å²) in [6, 6.07) is 4.77. The summed E-state index contributed by atoms with van der Waals surface area (Å²) in [7, 11) is -2.46. The highest BCUT2D eigenvalue weighted by Gasteiger charge is 2.30. The third-order valence-electron chi connectivity index (χ3n) is 4.40. The van der Waals surface area contributed by atoms with Crippen LogP contribution in [0.3, 0.4) is 0 Å². The number of esters is 1. The second-order valence-corrected chi connectivity index (χ2v) is 9.56. The number of benzene rings is 1. The van der Waals surface area contributed by atoms with Crippen LogP contribution in [0.4, 0.5) is 5.13 Å². The van der Waals surface area contributed by atoms with Crippen molar-refractivity contribution in [2.24, 2.45) is 5.92 Å². The third-order valence-corrected chi connectivity index (χ3v) is 6.77. The Balaban J connectivity index is 2.07. The first kappa shape index (κ1) is 24.8. The molecule has 0 aliphatic rings. The van der Waals surface area contributed by atoms with Crippen LogP contribution in [0.5, 0.6) is 5.75 Å². The normalized spacial score (nSPS) is 12.5. The summed E-state index contributed by atoms with van der Waals surface area (Å²) in [4.78, 5) is 30.1. The number of carbonyl (C=O) groups is 2. The number of nitrogens with one attached hydrogen (secondary N) is 1. The van der Waals surface area contributed by atoms with Gasteiger partial charge in [-0.2, -0.15) is 4.72 Å². The van der Waals surface area contributed by atoms with Crippen molar-refractivity contribution in [2.75, 3.05) is 18.6 Å². The minimum Gasteiger partial charge on any atom is -0.497 e. The summed E-state index contributed by atoms with van der Waals surface area (Å²) < 4.78 is 38.1. The highest BCUT2D eigenvalue weighted by molar-refractivity contribution is 7.89. The van der Waals surface area contributed by atoms with E-state index in [0.717, 1.165) is 0 Å². The summed E-state index contributed by atoms with van der Waals surface area (Å²) >= 11 is 1.27. The predicted molar refractivity (Wildman–Crippen MR) is 118 cm³/mol. The molecule has 0 aliphatic carbocycles. The number of hydrogen-bond acceptors (Lipinski definition) is 8. The number of ether oxygens (including phenoxy) is 2. The molecule has 31 heavy (non-hydrogen) atoms. The average molecular weight is 470 g/mol. The van der Waals surface area contributed by atoms with Gasteiger partial charge in [-0.3, -0.25) is 14.5 Å². The summed E-state index contributed by atoms with van der Waals surface area (Å²) in [6.45, 7) is 7.07. The maximum Gasteiger partial charge on any atom is 0.324 e. The van der Waals surface area contributed by atoms with Crippen molar-refractivity contribution in [3.05, 3.63) is 35.3 Å². The van der Waals surface area contributed by atoms with Crippen LogP contribution in [-0.4, -0.2) is 45.0 Å². The van der Waals surface area contributed by atoms with Gasteiger partial charge < -0.3 is 9.47 Å². The molecule has 0 spiro atoms. The molecule has 9 nitrogen and oxygen atoms in total. The van der Waals surface area contributed by atoms with Gasteiger partial charge in [0.2, 0.25) is 15.9 Å². The lowest BCUT2D eigenvalue weighted by Crippen LogP contribution is -2.45. The first-order chi connectivity index (χ1) is 14.6. The SMILES string of the molecule is CCN(C(C)=O)c1nc(COC(=O)[C@@H](NS(=O)(=O)c2ccc(OC)cc2)C(C)C)cs1. The molecule has 0 bridgehead atoms. The van der Waals surface area contributed by atoms with Crippen molar-refractivity contribution in [3.63, 3.8) is 0 Å². The second kappa shape index (κ2) is 10.7. The zero-order valence-electron chi connectivity index (χ0n) is 18.1. The van der Waals surface area contributed by atoms with E-state index in [1.54, 1.807) is 19.2 Å². The van der Waals surface area contributed by atoms with Crippen LogP contribution in [0.1, 0.15) is 33.4 Å². The van der Waals surface area contributed by atoms with Crippen LogP contribution >= 0.6 is 11.3 Å². The topological polar surface area (TPSA) is 115 Å². The summed E-state index contributed by atoms with van der Waals surface area (Å²) in [6.07, 6.45) is 0. The van der Waals surface area contributed by atoms with Crippen molar-refractivity contribution in [1.82, 2.24) is 9.71 Å². The molecule has 170 valence electrons. The van der Waals surface area contributed by atoms with E-state index in [1.165, 1.54) is 54.5 Å². The van der Waals surface area contributed by atoms with Gasteiger partial charge in [0, 0.05) is 18.8 Å². The fraction of sp³-hybridized carbons (Fsp3) is 0.450. The molecule has 2 aromatic rings. The highest BCUT2D eigenvalue weighted by atomic mass is 32.2. The zero-order valence-corrected chi connectivity index (χ0v) is 19.7. The number of sulfonamides is 1. The van der Waals surface area contributed by atoms with Gasteiger partial charge in [-0.25, -0.2) is 13.4 Å². The number of amides is 1. The molecule has 11 heteroatoms. The van der Waals surface area contributed by atoms with Crippen LogP contribution < -0.4 is 14.4 Å². The minimum absolute atomic E-state index is 0.0137. The molecular weight excluding hydrogens is 442 g/mol.